The molecule has 0 aromatic heterocycles. The molecule has 7 rings (SSSR count). The normalized spacial score (nSPS) is 15.6. The number of aliphatic imine (C=N–C) groups is 1. The van der Waals surface area contributed by atoms with Crippen LogP contribution in [0.5, 0.6) is 0 Å². The van der Waals surface area contributed by atoms with Crippen molar-refractivity contribution < 1.29 is 0 Å². The van der Waals surface area contributed by atoms with Crippen molar-refractivity contribution >= 4 is 39.9 Å². The zero-order chi connectivity index (χ0) is 37.4. The summed E-state index contributed by atoms with van der Waals surface area (Å²) in [6.07, 6.45) is 10.7. The molecule has 5 nitrogen and oxygen atoms in total. The van der Waals surface area contributed by atoms with Crippen molar-refractivity contribution in [2.45, 2.75) is 19.8 Å². The zero-order valence-corrected chi connectivity index (χ0v) is 31.2. The number of amidine groups is 1. The average Bonchev–Trinajstić information content (AvgIpc) is 3.23. The van der Waals surface area contributed by atoms with Gasteiger partial charge >= 0.3 is 0 Å². The number of anilines is 2. The van der Waals surface area contributed by atoms with Crippen molar-refractivity contribution in [1.29, 1.82) is 5.41 Å². The lowest BCUT2D eigenvalue weighted by atomic mass is 9.93. The van der Waals surface area contributed by atoms with E-state index < -0.39 is 0 Å². The van der Waals surface area contributed by atoms with Gasteiger partial charge in [-0.2, -0.15) is 4.99 Å². The third-order valence-electron chi connectivity index (χ3n) is 10.2. The first-order valence-corrected chi connectivity index (χ1v) is 18.7. The Morgan fingerprint density at radius 3 is 1.91 bits per heavy atom. The Hall–Kier alpha value is -6.46. The summed E-state index contributed by atoms with van der Waals surface area (Å²) < 4.78 is 0. The van der Waals surface area contributed by atoms with Gasteiger partial charge in [-0.05, 0) is 71.4 Å². The van der Waals surface area contributed by atoms with Crippen LogP contribution in [0.3, 0.4) is 0 Å². The predicted octanol–water partition coefficient (Wildman–Crippen LogP) is 11.4. The van der Waals surface area contributed by atoms with Gasteiger partial charge in [0.25, 0.3) is 0 Å². The van der Waals surface area contributed by atoms with Crippen molar-refractivity contribution in [2.75, 3.05) is 36.5 Å². The number of fused-ring (bicyclic) bond motifs is 2. The van der Waals surface area contributed by atoms with Crippen LogP contribution in [0.15, 0.2) is 182 Å². The van der Waals surface area contributed by atoms with Gasteiger partial charge in [0, 0.05) is 54.8 Å². The minimum absolute atomic E-state index is 0.167. The second-order valence-electron chi connectivity index (χ2n) is 13.6. The van der Waals surface area contributed by atoms with E-state index in [0.29, 0.717) is 13.1 Å². The van der Waals surface area contributed by atoms with Crippen LogP contribution in [0, 0.1) is 5.41 Å². The molecule has 0 saturated carbocycles. The number of allylic oxidation sites excluding steroid dienone is 7. The molecule has 5 aromatic rings. The van der Waals surface area contributed by atoms with Gasteiger partial charge in [-0.1, -0.05) is 153 Å². The molecule has 0 radical (unpaired) electrons. The van der Waals surface area contributed by atoms with Crippen LogP contribution in [0.25, 0.3) is 27.8 Å². The number of nitrogens with zero attached hydrogens (tertiary/aromatic N) is 4. The first kappa shape index (κ1) is 35.9. The van der Waals surface area contributed by atoms with Gasteiger partial charge in [-0.3, -0.25) is 5.41 Å². The Morgan fingerprint density at radius 1 is 0.685 bits per heavy atom. The lowest BCUT2D eigenvalue weighted by molar-refractivity contribution is 0.537. The molecule has 268 valence electrons. The van der Waals surface area contributed by atoms with Gasteiger partial charge < -0.3 is 14.7 Å². The third kappa shape index (κ3) is 7.81. The van der Waals surface area contributed by atoms with Crippen LogP contribution in [-0.2, 0) is 0 Å². The molecule has 5 heteroatoms. The molecule has 0 bridgehead atoms. The molecule has 1 aliphatic carbocycles. The molecule has 0 fully saturated rings. The number of rotatable bonds is 5. The summed E-state index contributed by atoms with van der Waals surface area (Å²) in [5.41, 5.74) is 12.8. The number of hydrogen-bond donors (Lipinski definition) is 1. The maximum absolute atomic E-state index is 9.64. The van der Waals surface area contributed by atoms with Crippen molar-refractivity contribution in [2.24, 2.45) is 4.99 Å². The van der Waals surface area contributed by atoms with Crippen LogP contribution in [0.2, 0.25) is 0 Å². The van der Waals surface area contributed by atoms with Crippen LogP contribution in [0.1, 0.15) is 42.0 Å². The van der Waals surface area contributed by atoms with Crippen LogP contribution < -0.4 is 9.80 Å². The molecule has 54 heavy (non-hydrogen) atoms. The lowest BCUT2D eigenvalue weighted by Gasteiger charge is -2.34. The quantitative estimate of drug-likeness (QED) is 0.146. The van der Waals surface area contributed by atoms with Crippen LogP contribution in [0.4, 0.5) is 11.4 Å². The monoisotopic (exact) mass is 705 g/mol. The highest BCUT2D eigenvalue weighted by molar-refractivity contribution is 6.09. The molecule has 0 saturated heterocycles. The van der Waals surface area contributed by atoms with Crippen molar-refractivity contribution in [3.8, 4) is 11.1 Å². The number of nitrogens with one attached hydrogen (secondary N) is 1. The Bertz CT molecular complexity index is 2280. The minimum atomic E-state index is 0.167. The smallest absolute Gasteiger partial charge is 0.224 e. The first-order valence-electron chi connectivity index (χ1n) is 18.7. The maximum Gasteiger partial charge on any atom is 0.224 e. The molecule has 1 N–H and O–H groups in total. The Morgan fingerprint density at radius 2 is 1.24 bits per heavy atom. The van der Waals surface area contributed by atoms with Gasteiger partial charge in [0.15, 0.2) is 0 Å². The molecule has 0 atom stereocenters. The molecule has 2 aliphatic rings. The highest BCUT2D eigenvalue weighted by atomic mass is 15.3. The number of para-hydroxylation sites is 2. The van der Waals surface area contributed by atoms with Crippen molar-refractivity contribution in [3.63, 3.8) is 0 Å². The fourth-order valence-electron chi connectivity index (χ4n) is 7.15. The van der Waals surface area contributed by atoms with E-state index in [4.69, 9.17) is 4.99 Å². The Kier molecular flexibility index (Phi) is 11.0. The zero-order valence-electron chi connectivity index (χ0n) is 31.2. The van der Waals surface area contributed by atoms with Gasteiger partial charge in [0.1, 0.15) is 5.84 Å². The summed E-state index contributed by atoms with van der Waals surface area (Å²) in [6.45, 7) is 12.9. The molecule has 1 aliphatic heterocycles. The summed E-state index contributed by atoms with van der Waals surface area (Å²) in [5, 5.41) is 9.64. The molecule has 0 unspecified atom stereocenters. The number of benzene rings is 5. The summed E-state index contributed by atoms with van der Waals surface area (Å²) in [5.74, 6) is 0.921. The molecular formula is C49H47N5. The predicted molar refractivity (Wildman–Crippen MR) is 231 cm³/mol. The van der Waals surface area contributed by atoms with E-state index in [0.717, 1.165) is 70.1 Å². The van der Waals surface area contributed by atoms with Gasteiger partial charge in [0.05, 0.1) is 5.69 Å². The fraction of sp³-hybridized carbons (Fsp3) is 0.143. The molecule has 5 aromatic carbocycles. The van der Waals surface area contributed by atoms with E-state index in [2.05, 4.69) is 151 Å². The molecule has 1 heterocycles. The fourth-order valence-corrected chi connectivity index (χ4v) is 7.15. The highest BCUT2D eigenvalue weighted by Crippen LogP contribution is 2.37. The first-order chi connectivity index (χ1) is 26.4. The summed E-state index contributed by atoms with van der Waals surface area (Å²) in [7, 11) is 2.02. The van der Waals surface area contributed by atoms with Gasteiger partial charge in [-0.15, -0.1) is 0 Å². The van der Waals surface area contributed by atoms with E-state index in [-0.39, 0.29) is 5.96 Å². The van der Waals surface area contributed by atoms with Crippen molar-refractivity contribution in [1.82, 2.24) is 4.90 Å². The molecule has 0 amide bonds. The van der Waals surface area contributed by atoms with E-state index in [9.17, 15) is 5.41 Å². The minimum Gasteiger partial charge on any atom is -0.359 e. The van der Waals surface area contributed by atoms with E-state index in [1.54, 1.807) is 0 Å². The van der Waals surface area contributed by atoms with Gasteiger partial charge in [0.2, 0.25) is 5.96 Å². The summed E-state index contributed by atoms with van der Waals surface area (Å²) in [4.78, 5) is 11.6. The third-order valence-corrected chi connectivity index (χ3v) is 10.2. The van der Waals surface area contributed by atoms with E-state index in [1.807, 2.05) is 48.4 Å². The second-order valence-corrected chi connectivity index (χ2v) is 13.6. The second kappa shape index (κ2) is 16.5. The highest BCUT2D eigenvalue weighted by Gasteiger charge is 2.24. The molecule has 0 spiro atoms. The van der Waals surface area contributed by atoms with Crippen LogP contribution >= 0.6 is 0 Å². The summed E-state index contributed by atoms with van der Waals surface area (Å²) in [6, 6.07) is 46.3. The summed E-state index contributed by atoms with van der Waals surface area (Å²) >= 11 is 0. The van der Waals surface area contributed by atoms with E-state index >= 15 is 0 Å². The SMILES string of the molecule is C=C1/C=C\C(=C)c2ccccc2N(C2=CCCC(c3ccc(-c4ccccc4)cc3)=C2)CCN(C(=N)N=C(c2ccccc2)N(C)CC)c2ccccc21. The Balaban J connectivity index is 1.31. The van der Waals surface area contributed by atoms with Gasteiger partial charge in [-0.25, -0.2) is 0 Å². The largest absolute Gasteiger partial charge is 0.359 e. The standard InChI is InChI=1S/C49H47N5/c1-5-52(4)48(41-19-10-7-11-20-41)51-49(50)54-34-33-53(43-22-16-21-42(35-43)40-31-29-39(30-32-40)38-17-8-6-9-18-38)46-25-14-12-23-44(46)36(2)27-28-37(3)45-24-13-15-26-47(45)54/h6-15,17-20,22-32,35,50H,2-3,5,16,21,33-34H2,1,4H3/b28-27-,50-49?,51-48?. The lowest BCUT2D eigenvalue weighted by Crippen LogP contribution is -2.40. The van der Waals surface area contributed by atoms with E-state index in [1.165, 1.54) is 22.3 Å². The average molecular weight is 706 g/mol. The number of hydrogen-bond acceptors (Lipinski definition) is 2. The maximum atomic E-state index is 9.64. The molecular weight excluding hydrogens is 659 g/mol. The van der Waals surface area contributed by atoms with Crippen molar-refractivity contribution in [3.05, 3.63) is 199 Å². The van der Waals surface area contributed by atoms with Crippen LogP contribution in [-0.4, -0.2) is 43.4 Å². The number of guanidine groups is 1. The Labute approximate surface area is 320 Å². The topological polar surface area (TPSA) is 45.9 Å².